The highest BCUT2D eigenvalue weighted by Gasteiger charge is 2.21. The molecule has 6 heteroatoms. The number of hydrogen-bond donors (Lipinski definition) is 1. The maximum absolute atomic E-state index is 11.4. The molecule has 21 heavy (non-hydrogen) atoms. The third kappa shape index (κ3) is 3.78. The number of nitrogens with zero attached hydrogens (tertiary/aromatic N) is 1. The average molecular weight is 327 g/mol. The molecule has 0 aliphatic heterocycles. The van der Waals surface area contributed by atoms with Crippen molar-refractivity contribution >= 4 is 32.3 Å². The van der Waals surface area contributed by atoms with Crippen LogP contribution in [-0.4, -0.2) is 31.0 Å². The van der Waals surface area contributed by atoms with E-state index < -0.39 is 9.84 Å². The Morgan fingerprint density at radius 2 is 2.14 bits per heavy atom. The summed E-state index contributed by atoms with van der Waals surface area (Å²) < 4.78 is 24.8. The largest absolute Gasteiger partial charge is 0.346 e. The lowest BCUT2D eigenvalue weighted by Crippen LogP contribution is -2.15. The van der Waals surface area contributed by atoms with Crippen LogP contribution in [0, 0.1) is 0 Å². The molecule has 1 aromatic heterocycles. The van der Waals surface area contributed by atoms with Crippen molar-refractivity contribution in [1.82, 2.24) is 9.88 Å². The number of hydrogen-bond acceptors (Lipinski definition) is 3. The smallest absolute Gasteiger partial charge is 0.149 e. The zero-order valence-electron chi connectivity index (χ0n) is 12.0. The second-order valence-corrected chi connectivity index (χ2v) is 8.49. The van der Waals surface area contributed by atoms with Gasteiger partial charge in [0.05, 0.1) is 5.75 Å². The number of halogens is 1. The van der Waals surface area contributed by atoms with Crippen molar-refractivity contribution in [2.24, 2.45) is 0 Å². The summed E-state index contributed by atoms with van der Waals surface area (Å²) in [5, 5.41) is 5.31. The van der Waals surface area contributed by atoms with Crippen LogP contribution in [0.2, 0.25) is 5.02 Å². The molecule has 1 heterocycles. The van der Waals surface area contributed by atoms with Crippen molar-refractivity contribution < 1.29 is 8.42 Å². The minimum Gasteiger partial charge on any atom is -0.346 e. The fraction of sp³-hybridized carbons (Fsp3) is 0.467. The summed E-state index contributed by atoms with van der Waals surface area (Å²) >= 11 is 6.08. The Labute approximate surface area is 130 Å². The molecular weight excluding hydrogens is 308 g/mol. The van der Waals surface area contributed by atoms with E-state index in [-0.39, 0.29) is 5.75 Å². The van der Waals surface area contributed by atoms with Gasteiger partial charge >= 0.3 is 0 Å². The highest BCUT2D eigenvalue weighted by molar-refractivity contribution is 7.90. The van der Waals surface area contributed by atoms with Gasteiger partial charge in [0.15, 0.2) is 0 Å². The quantitative estimate of drug-likeness (QED) is 0.887. The molecule has 114 valence electrons. The molecule has 4 nitrogen and oxygen atoms in total. The van der Waals surface area contributed by atoms with E-state index in [1.165, 1.54) is 24.7 Å². The summed E-state index contributed by atoms with van der Waals surface area (Å²) in [6.07, 6.45) is 5.81. The molecule has 0 radical (unpaired) electrons. The van der Waals surface area contributed by atoms with Crippen LogP contribution in [-0.2, 0) is 22.9 Å². The van der Waals surface area contributed by atoms with Gasteiger partial charge in [-0.3, -0.25) is 0 Å². The van der Waals surface area contributed by atoms with Crippen molar-refractivity contribution in [3.05, 3.63) is 35.0 Å². The van der Waals surface area contributed by atoms with Gasteiger partial charge in [-0.1, -0.05) is 17.7 Å². The Balaban J connectivity index is 1.91. The molecule has 0 saturated heterocycles. The van der Waals surface area contributed by atoms with E-state index in [2.05, 4.69) is 5.32 Å². The Bertz CT molecular complexity index is 763. The Morgan fingerprint density at radius 1 is 1.38 bits per heavy atom. The first-order valence-corrected chi connectivity index (χ1v) is 9.54. The van der Waals surface area contributed by atoms with Crippen LogP contribution < -0.4 is 5.32 Å². The van der Waals surface area contributed by atoms with E-state index in [0.29, 0.717) is 17.6 Å². The number of rotatable bonds is 6. The minimum atomic E-state index is -2.98. The Hall–Kier alpha value is -1.04. The molecule has 0 spiro atoms. The van der Waals surface area contributed by atoms with E-state index in [0.717, 1.165) is 17.4 Å². The van der Waals surface area contributed by atoms with Gasteiger partial charge in [0.25, 0.3) is 0 Å². The zero-order valence-corrected chi connectivity index (χ0v) is 13.5. The number of aromatic nitrogens is 1. The maximum Gasteiger partial charge on any atom is 0.149 e. The van der Waals surface area contributed by atoms with Crippen LogP contribution in [0.1, 0.15) is 18.4 Å². The molecule has 2 aromatic rings. The van der Waals surface area contributed by atoms with Crippen LogP contribution in [0.25, 0.3) is 10.9 Å². The minimum absolute atomic E-state index is 0.138. The van der Waals surface area contributed by atoms with Crippen molar-refractivity contribution in [3.63, 3.8) is 0 Å². The van der Waals surface area contributed by atoms with Gasteiger partial charge in [0.1, 0.15) is 9.84 Å². The highest BCUT2D eigenvalue weighted by atomic mass is 35.5. The number of aryl methyl sites for hydroxylation is 1. The first-order valence-electron chi connectivity index (χ1n) is 7.11. The van der Waals surface area contributed by atoms with Crippen molar-refractivity contribution in [3.8, 4) is 0 Å². The molecule has 1 aliphatic carbocycles. The summed E-state index contributed by atoms with van der Waals surface area (Å²) in [7, 11) is -2.98. The molecule has 0 atom stereocenters. The van der Waals surface area contributed by atoms with Crippen LogP contribution in [0.3, 0.4) is 0 Å². The SMILES string of the molecule is CS(=O)(=O)CCn1cc(CNC2CC2)c2ccc(Cl)cc21. The lowest BCUT2D eigenvalue weighted by molar-refractivity contribution is 0.595. The predicted octanol–water partition coefficient (Wildman–Crippen LogP) is 2.59. The van der Waals surface area contributed by atoms with Crippen LogP contribution >= 0.6 is 11.6 Å². The second-order valence-electron chi connectivity index (χ2n) is 5.79. The molecule has 1 aliphatic rings. The van der Waals surface area contributed by atoms with Gasteiger partial charge in [0, 0.05) is 47.5 Å². The van der Waals surface area contributed by atoms with E-state index >= 15 is 0 Å². The fourth-order valence-corrected chi connectivity index (χ4v) is 3.17. The number of benzene rings is 1. The lowest BCUT2D eigenvalue weighted by atomic mass is 10.2. The molecule has 3 rings (SSSR count). The van der Waals surface area contributed by atoms with E-state index in [9.17, 15) is 8.42 Å². The van der Waals surface area contributed by atoms with Crippen molar-refractivity contribution in [1.29, 1.82) is 0 Å². The van der Waals surface area contributed by atoms with Crippen LogP contribution in [0.4, 0.5) is 0 Å². The Morgan fingerprint density at radius 3 is 2.81 bits per heavy atom. The average Bonchev–Trinajstić information content (AvgIpc) is 3.16. The molecule has 1 aromatic carbocycles. The van der Waals surface area contributed by atoms with E-state index in [1.54, 1.807) is 0 Å². The van der Waals surface area contributed by atoms with Gasteiger partial charge < -0.3 is 9.88 Å². The molecule has 0 bridgehead atoms. The lowest BCUT2D eigenvalue weighted by Gasteiger charge is -2.04. The molecular formula is C15H19ClN2O2S. The van der Waals surface area contributed by atoms with Crippen LogP contribution in [0.5, 0.6) is 0 Å². The van der Waals surface area contributed by atoms with Gasteiger partial charge in [-0.25, -0.2) is 8.42 Å². The number of nitrogens with one attached hydrogen (secondary N) is 1. The van der Waals surface area contributed by atoms with Gasteiger partial charge in [0.2, 0.25) is 0 Å². The van der Waals surface area contributed by atoms with E-state index in [1.807, 2.05) is 29.0 Å². The topological polar surface area (TPSA) is 51.1 Å². The molecule has 1 saturated carbocycles. The normalized spacial score (nSPS) is 15.7. The summed E-state index contributed by atoms with van der Waals surface area (Å²) in [4.78, 5) is 0. The fourth-order valence-electron chi connectivity index (χ4n) is 2.47. The number of fused-ring (bicyclic) bond motifs is 1. The first kappa shape index (κ1) is 14.9. The monoisotopic (exact) mass is 326 g/mol. The van der Waals surface area contributed by atoms with Gasteiger partial charge in [-0.2, -0.15) is 0 Å². The standard InChI is InChI=1S/C15H19ClN2O2S/c1-21(19,20)7-6-18-10-11(9-17-13-3-4-13)14-5-2-12(16)8-15(14)18/h2,5,8,10,13,17H,3-4,6-7,9H2,1H3. The second kappa shape index (κ2) is 5.63. The predicted molar refractivity (Wildman–Crippen MR) is 86.5 cm³/mol. The number of sulfone groups is 1. The third-order valence-electron chi connectivity index (χ3n) is 3.79. The molecule has 0 amide bonds. The van der Waals surface area contributed by atoms with Gasteiger partial charge in [-0.05, 0) is 30.5 Å². The van der Waals surface area contributed by atoms with Gasteiger partial charge in [-0.15, -0.1) is 0 Å². The molecule has 0 unspecified atom stereocenters. The summed E-state index contributed by atoms with van der Waals surface area (Å²) in [6.45, 7) is 1.27. The van der Waals surface area contributed by atoms with Crippen LogP contribution in [0.15, 0.2) is 24.4 Å². The van der Waals surface area contributed by atoms with Crippen molar-refractivity contribution in [2.45, 2.75) is 32.0 Å². The molecule has 1 N–H and O–H groups in total. The summed E-state index contributed by atoms with van der Waals surface area (Å²) in [5.74, 6) is 0.138. The molecule has 1 fully saturated rings. The maximum atomic E-state index is 11.4. The third-order valence-corrected chi connectivity index (χ3v) is 4.95. The first-order chi connectivity index (χ1) is 9.92. The Kier molecular flexibility index (Phi) is 3.99. The van der Waals surface area contributed by atoms with Crippen molar-refractivity contribution in [2.75, 3.05) is 12.0 Å². The van der Waals surface area contributed by atoms with E-state index in [4.69, 9.17) is 11.6 Å². The highest BCUT2D eigenvalue weighted by Crippen LogP contribution is 2.26. The summed E-state index contributed by atoms with van der Waals surface area (Å²) in [6, 6.07) is 6.44. The zero-order chi connectivity index (χ0) is 15.0. The summed E-state index contributed by atoms with van der Waals surface area (Å²) in [5.41, 5.74) is 2.20.